The quantitative estimate of drug-likeness (QED) is 0.833. The minimum Gasteiger partial charge on any atom is -0.490 e. The van der Waals surface area contributed by atoms with Gasteiger partial charge in [-0.15, -0.1) is 0 Å². The van der Waals surface area contributed by atoms with Crippen LogP contribution >= 0.6 is 0 Å². The van der Waals surface area contributed by atoms with Gasteiger partial charge in [-0.3, -0.25) is 4.79 Å². The number of carbonyl (C=O) groups is 1. The molecule has 0 saturated carbocycles. The second kappa shape index (κ2) is 5.54. The van der Waals surface area contributed by atoms with E-state index in [0.29, 0.717) is 6.42 Å². The number of carboxylic acid groups (broad SMARTS) is 1. The molecule has 0 amide bonds. The van der Waals surface area contributed by atoms with Crippen molar-refractivity contribution in [2.75, 3.05) is 0 Å². The standard InChI is InChI=1S/C13H18O3/c1-9-5-4-6-12(11(9)3)16-10(2)7-8-13(14)15/h4-6,10H,7-8H2,1-3H3,(H,14,15). The molecule has 0 aromatic heterocycles. The SMILES string of the molecule is Cc1cccc(OC(C)CCC(=O)O)c1C. The Bertz CT molecular complexity index is 371. The van der Waals surface area contributed by atoms with Crippen molar-refractivity contribution in [2.45, 2.75) is 39.7 Å². The summed E-state index contributed by atoms with van der Waals surface area (Å²) < 4.78 is 5.71. The van der Waals surface area contributed by atoms with Gasteiger partial charge in [-0.05, 0) is 44.4 Å². The van der Waals surface area contributed by atoms with E-state index < -0.39 is 5.97 Å². The topological polar surface area (TPSA) is 46.5 Å². The Morgan fingerprint density at radius 1 is 1.44 bits per heavy atom. The lowest BCUT2D eigenvalue weighted by Crippen LogP contribution is -2.14. The number of carboxylic acids is 1. The first-order valence-electron chi connectivity index (χ1n) is 5.45. The zero-order chi connectivity index (χ0) is 12.1. The van der Waals surface area contributed by atoms with Gasteiger partial charge in [0.25, 0.3) is 0 Å². The molecule has 0 aliphatic carbocycles. The molecular weight excluding hydrogens is 204 g/mol. The van der Waals surface area contributed by atoms with Gasteiger partial charge in [0.2, 0.25) is 0 Å². The van der Waals surface area contributed by atoms with Crippen LogP contribution in [0.15, 0.2) is 18.2 Å². The summed E-state index contributed by atoms with van der Waals surface area (Å²) in [4.78, 5) is 10.4. The minimum absolute atomic E-state index is 0.0726. The Morgan fingerprint density at radius 3 is 2.75 bits per heavy atom. The minimum atomic E-state index is -0.781. The maximum Gasteiger partial charge on any atom is 0.303 e. The zero-order valence-electron chi connectivity index (χ0n) is 9.99. The smallest absolute Gasteiger partial charge is 0.303 e. The summed E-state index contributed by atoms with van der Waals surface area (Å²) in [5, 5.41) is 8.57. The predicted molar refractivity (Wildman–Crippen MR) is 62.9 cm³/mol. The van der Waals surface area contributed by atoms with Gasteiger partial charge in [-0.25, -0.2) is 0 Å². The van der Waals surface area contributed by atoms with Crippen molar-refractivity contribution < 1.29 is 14.6 Å². The van der Waals surface area contributed by atoms with Crippen molar-refractivity contribution in [1.82, 2.24) is 0 Å². The molecule has 88 valence electrons. The molecule has 1 aromatic carbocycles. The van der Waals surface area contributed by atoms with Gasteiger partial charge in [-0.2, -0.15) is 0 Å². The second-order valence-corrected chi connectivity index (χ2v) is 4.06. The first kappa shape index (κ1) is 12.6. The van der Waals surface area contributed by atoms with Gasteiger partial charge in [0.1, 0.15) is 5.75 Å². The number of rotatable bonds is 5. The maximum atomic E-state index is 10.4. The summed E-state index contributed by atoms with van der Waals surface area (Å²) in [7, 11) is 0. The van der Waals surface area contributed by atoms with Crippen molar-refractivity contribution in [3.8, 4) is 5.75 Å². The summed E-state index contributed by atoms with van der Waals surface area (Å²) >= 11 is 0. The predicted octanol–water partition coefficient (Wildman–Crippen LogP) is 2.94. The van der Waals surface area contributed by atoms with Crippen LogP contribution in [-0.2, 0) is 4.79 Å². The van der Waals surface area contributed by atoms with Gasteiger partial charge in [-0.1, -0.05) is 12.1 Å². The van der Waals surface area contributed by atoms with Crippen molar-refractivity contribution in [3.63, 3.8) is 0 Å². The molecule has 0 radical (unpaired) electrons. The molecule has 3 heteroatoms. The first-order valence-corrected chi connectivity index (χ1v) is 5.45. The first-order chi connectivity index (χ1) is 7.50. The number of hydrogen-bond acceptors (Lipinski definition) is 2. The Kier molecular flexibility index (Phi) is 4.35. The van der Waals surface area contributed by atoms with Gasteiger partial charge in [0.15, 0.2) is 0 Å². The van der Waals surface area contributed by atoms with Crippen molar-refractivity contribution in [3.05, 3.63) is 29.3 Å². The summed E-state index contributed by atoms with van der Waals surface area (Å²) in [5.74, 6) is 0.0642. The lowest BCUT2D eigenvalue weighted by atomic mass is 10.1. The number of aryl methyl sites for hydroxylation is 1. The van der Waals surface area contributed by atoms with Crippen LogP contribution in [0.1, 0.15) is 30.9 Å². The highest BCUT2D eigenvalue weighted by Gasteiger charge is 2.09. The van der Waals surface area contributed by atoms with Crippen LogP contribution in [0.4, 0.5) is 0 Å². The Balaban J connectivity index is 2.59. The largest absolute Gasteiger partial charge is 0.490 e. The molecule has 3 nitrogen and oxygen atoms in total. The maximum absolute atomic E-state index is 10.4. The summed E-state index contributed by atoms with van der Waals surface area (Å²) in [5.41, 5.74) is 2.30. The van der Waals surface area contributed by atoms with Gasteiger partial charge in [0.05, 0.1) is 6.10 Å². The summed E-state index contributed by atoms with van der Waals surface area (Å²) in [6, 6.07) is 5.89. The Hall–Kier alpha value is -1.51. The van der Waals surface area contributed by atoms with Crippen LogP contribution in [0.2, 0.25) is 0 Å². The zero-order valence-corrected chi connectivity index (χ0v) is 9.99. The third-order valence-electron chi connectivity index (χ3n) is 2.65. The molecule has 0 fully saturated rings. The molecule has 0 heterocycles. The number of benzene rings is 1. The molecule has 0 spiro atoms. The molecule has 0 saturated heterocycles. The van der Waals surface area contributed by atoms with Crippen LogP contribution in [0.25, 0.3) is 0 Å². The highest BCUT2D eigenvalue weighted by molar-refractivity contribution is 5.66. The average molecular weight is 222 g/mol. The number of hydrogen-bond donors (Lipinski definition) is 1. The van der Waals surface area contributed by atoms with E-state index in [-0.39, 0.29) is 12.5 Å². The molecule has 1 atom stereocenters. The fraction of sp³-hybridized carbons (Fsp3) is 0.462. The van der Waals surface area contributed by atoms with E-state index in [4.69, 9.17) is 9.84 Å². The fourth-order valence-electron chi connectivity index (χ4n) is 1.45. The molecule has 1 rings (SSSR count). The van der Waals surface area contributed by atoms with Crippen molar-refractivity contribution in [1.29, 1.82) is 0 Å². The van der Waals surface area contributed by atoms with E-state index in [1.165, 1.54) is 5.56 Å². The average Bonchev–Trinajstić information content (AvgIpc) is 2.22. The van der Waals surface area contributed by atoms with Gasteiger partial charge in [0, 0.05) is 6.42 Å². The lowest BCUT2D eigenvalue weighted by molar-refractivity contribution is -0.137. The summed E-state index contributed by atoms with van der Waals surface area (Å²) in [6.45, 7) is 5.93. The van der Waals surface area contributed by atoms with E-state index in [0.717, 1.165) is 11.3 Å². The molecular formula is C13H18O3. The van der Waals surface area contributed by atoms with Crippen molar-refractivity contribution in [2.24, 2.45) is 0 Å². The van der Waals surface area contributed by atoms with Crippen LogP contribution in [0, 0.1) is 13.8 Å². The number of ether oxygens (including phenoxy) is 1. The molecule has 0 aliphatic heterocycles. The third-order valence-corrected chi connectivity index (χ3v) is 2.65. The normalized spacial score (nSPS) is 12.2. The second-order valence-electron chi connectivity index (χ2n) is 4.06. The van der Waals surface area contributed by atoms with E-state index in [1.807, 2.05) is 39.0 Å². The van der Waals surface area contributed by atoms with E-state index >= 15 is 0 Å². The highest BCUT2D eigenvalue weighted by atomic mass is 16.5. The fourth-order valence-corrected chi connectivity index (χ4v) is 1.45. The van der Waals surface area contributed by atoms with E-state index in [2.05, 4.69) is 0 Å². The van der Waals surface area contributed by atoms with E-state index in [9.17, 15) is 4.79 Å². The van der Waals surface area contributed by atoms with Crippen LogP contribution < -0.4 is 4.74 Å². The van der Waals surface area contributed by atoms with Crippen LogP contribution in [0.5, 0.6) is 5.75 Å². The van der Waals surface area contributed by atoms with Crippen LogP contribution in [-0.4, -0.2) is 17.2 Å². The highest BCUT2D eigenvalue weighted by Crippen LogP contribution is 2.22. The lowest BCUT2D eigenvalue weighted by Gasteiger charge is -2.16. The Labute approximate surface area is 96.1 Å². The van der Waals surface area contributed by atoms with Gasteiger partial charge >= 0.3 is 5.97 Å². The van der Waals surface area contributed by atoms with E-state index in [1.54, 1.807) is 0 Å². The van der Waals surface area contributed by atoms with Gasteiger partial charge < -0.3 is 9.84 Å². The monoisotopic (exact) mass is 222 g/mol. The molecule has 0 bridgehead atoms. The third kappa shape index (κ3) is 3.57. The van der Waals surface area contributed by atoms with Crippen LogP contribution in [0.3, 0.4) is 0 Å². The number of aliphatic carboxylic acids is 1. The molecule has 1 N–H and O–H groups in total. The molecule has 1 unspecified atom stereocenters. The van der Waals surface area contributed by atoms with Crippen molar-refractivity contribution >= 4 is 5.97 Å². The molecule has 0 aliphatic rings. The molecule has 16 heavy (non-hydrogen) atoms. The molecule has 1 aromatic rings. The summed E-state index contributed by atoms with van der Waals surface area (Å²) in [6.07, 6.45) is 0.603. The Morgan fingerprint density at radius 2 is 2.12 bits per heavy atom.